The second-order valence-corrected chi connectivity index (χ2v) is 9.85. The summed E-state index contributed by atoms with van der Waals surface area (Å²) in [4.78, 5) is 14.6. The predicted octanol–water partition coefficient (Wildman–Crippen LogP) is 3.28. The van der Waals surface area contributed by atoms with Gasteiger partial charge in [0.25, 0.3) is 0 Å². The number of carbonyl (C=O) groups is 1. The fourth-order valence-electron chi connectivity index (χ4n) is 4.07. The second kappa shape index (κ2) is 8.28. The molecule has 1 aliphatic carbocycles. The van der Waals surface area contributed by atoms with Gasteiger partial charge in [0.1, 0.15) is 0 Å². The van der Waals surface area contributed by atoms with Crippen LogP contribution in [0.5, 0.6) is 0 Å². The molecule has 0 radical (unpaired) electrons. The normalized spacial score (nSPS) is 20.4. The van der Waals surface area contributed by atoms with Crippen LogP contribution in [0.15, 0.2) is 24.3 Å². The zero-order chi connectivity index (χ0) is 18.7. The van der Waals surface area contributed by atoms with Gasteiger partial charge in [-0.3, -0.25) is 4.79 Å². The average Bonchev–Trinajstić information content (AvgIpc) is 3.15. The summed E-state index contributed by atoms with van der Waals surface area (Å²) < 4.78 is 26.9. The number of hydrogen-bond acceptors (Lipinski definition) is 3. The van der Waals surface area contributed by atoms with Crippen LogP contribution in [0.25, 0.3) is 0 Å². The molecule has 2 fully saturated rings. The van der Waals surface area contributed by atoms with Gasteiger partial charge in [0, 0.05) is 37.1 Å². The fourth-order valence-corrected chi connectivity index (χ4v) is 5.83. The summed E-state index contributed by atoms with van der Waals surface area (Å²) in [5.74, 6) is 0.0794. The largest absolute Gasteiger partial charge is 0.343 e. The number of nitrogens with zero attached hydrogens (tertiary/aromatic N) is 2. The highest BCUT2D eigenvalue weighted by atomic mass is 35.5. The molecule has 0 N–H and O–H groups in total. The topological polar surface area (TPSA) is 57.7 Å². The number of carbonyl (C=O) groups excluding carboxylic acids is 1. The van der Waals surface area contributed by atoms with Crippen LogP contribution in [-0.4, -0.2) is 49.7 Å². The summed E-state index contributed by atoms with van der Waals surface area (Å²) in [5, 5.41) is 0.539. The number of piperidine rings is 1. The Labute approximate surface area is 161 Å². The van der Waals surface area contributed by atoms with Gasteiger partial charge < -0.3 is 4.90 Å². The molecule has 1 saturated carbocycles. The molecule has 2 aliphatic rings. The molecule has 26 heavy (non-hydrogen) atoms. The summed E-state index contributed by atoms with van der Waals surface area (Å²) in [5.41, 5.74) is 0.691. The molecule has 1 aromatic carbocycles. The van der Waals surface area contributed by atoms with Crippen molar-refractivity contribution in [1.29, 1.82) is 0 Å². The summed E-state index contributed by atoms with van der Waals surface area (Å²) in [6.07, 6.45) is 5.78. The minimum absolute atomic E-state index is 0.0475. The molecule has 0 bridgehead atoms. The van der Waals surface area contributed by atoms with Gasteiger partial charge in [-0.15, -0.1) is 0 Å². The van der Waals surface area contributed by atoms with E-state index in [1.54, 1.807) is 24.3 Å². The third-order valence-corrected chi connectivity index (χ3v) is 7.74. The molecule has 0 aromatic heterocycles. The van der Waals surface area contributed by atoms with Gasteiger partial charge in [-0.05, 0) is 43.4 Å². The van der Waals surface area contributed by atoms with Gasteiger partial charge in [0.15, 0.2) is 0 Å². The first-order valence-electron chi connectivity index (χ1n) is 9.36. The van der Waals surface area contributed by atoms with Crippen molar-refractivity contribution in [3.63, 3.8) is 0 Å². The Morgan fingerprint density at radius 3 is 2.46 bits per heavy atom. The number of rotatable bonds is 5. The first-order valence-corrected chi connectivity index (χ1v) is 11.3. The maximum Gasteiger partial charge on any atom is 0.225 e. The van der Waals surface area contributed by atoms with Gasteiger partial charge >= 0.3 is 0 Å². The molecule has 0 atom stereocenters. The molecule has 3 rings (SSSR count). The van der Waals surface area contributed by atoms with E-state index in [9.17, 15) is 13.2 Å². The van der Waals surface area contributed by atoms with Crippen LogP contribution in [0.2, 0.25) is 5.02 Å². The van der Waals surface area contributed by atoms with E-state index in [0.717, 1.165) is 12.8 Å². The fraction of sp³-hybridized carbons (Fsp3) is 0.632. The first kappa shape index (κ1) is 19.6. The number of halogens is 1. The molecule has 1 saturated heterocycles. The van der Waals surface area contributed by atoms with Gasteiger partial charge in [-0.1, -0.05) is 36.6 Å². The summed E-state index contributed by atoms with van der Waals surface area (Å²) in [6.45, 7) is 0.829. The molecule has 7 heteroatoms. The molecule has 0 unspecified atom stereocenters. The molecule has 1 amide bonds. The number of benzene rings is 1. The van der Waals surface area contributed by atoms with E-state index in [0.29, 0.717) is 42.6 Å². The van der Waals surface area contributed by atoms with Crippen LogP contribution >= 0.6 is 11.6 Å². The van der Waals surface area contributed by atoms with Gasteiger partial charge in [-0.25, -0.2) is 12.7 Å². The third kappa shape index (κ3) is 4.59. The van der Waals surface area contributed by atoms with Gasteiger partial charge in [0.2, 0.25) is 15.9 Å². The Bertz CT molecular complexity index is 739. The number of hydrogen-bond donors (Lipinski definition) is 0. The highest BCUT2D eigenvalue weighted by molar-refractivity contribution is 7.88. The molecule has 0 spiro atoms. The average molecular weight is 399 g/mol. The zero-order valence-electron chi connectivity index (χ0n) is 15.2. The van der Waals surface area contributed by atoms with Crippen LogP contribution in [0.4, 0.5) is 0 Å². The lowest BCUT2D eigenvalue weighted by atomic mass is 9.96. The Kier molecular flexibility index (Phi) is 6.25. The highest BCUT2D eigenvalue weighted by Gasteiger charge is 2.34. The SMILES string of the molecule is CN(C(=O)C1CCN(S(=O)(=O)Cc2cccc(Cl)c2)CC1)C1CCCC1. The van der Waals surface area contributed by atoms with Crippen molar-refractivity contribution in [3.8, 4) is 0 Å². The van der Waals surface area contributed by atoms with E-state index < -0.39 is 10.0 Å². The van der Waals surface area contributed by atoms with Crippen molar-refractivity contribution in [2.24, 2.45) is 5.92 Å². The quantitative estimate of drug-likeness (QED) is 0.764. The maximum atomic E-state index is 12.7. The van der Waals surface area contributed by atoms with Crippen LogP contribution < -0.4 is 0 Å². The third-order valence-electron chi connectivity index (χ3n) is 5.65. The van der Waals surface area contributed by atoms with Crippen LogP contribution in [-0.2, 0) is 20.6 Å². The van der Waals surface area contributed by atoms with E-state index in [1.165, 1.54) is 17.1 Å². The lowest BCUT2D eigenvalue weighted by Crippen LogP contribution is -2.45. The molecule has 1 heterocycles. The second-order valence-electron chi connectivity index (χ2n) is 7.45. The van der Waals surface area contributed by atoms with Gasteiger partial charge in [0.05, 0.1) is 5.75 Å². The Balaban J connectivity index is 1.56. The predicted molar refractivity (Wildman–Crippen MR) is 103 cm³/mol. The molecular formula is C19H27ClN2O3S. The maximum absolute atomic E-state index is 12.7. The summed E-state index contributed by atoms with van der Waals surface area (Å²) in [6, 6.07) is 7.32. The van der Waals surface area contributed by atoms with E-state index in [2.05, 4.69) is 0 Å². The Morgan fingerprint density at radius 2 is 1.85 bits per heavy atom. The van der Waals surface area contributed by atoms with E-state index in [-0.39, 0.29) is 17.6 Å². The molecule has 5 nitrogen and oxygen atoms in total. The van der Waals surface area contributed by atoms with Crippen LogP contribution in [0.1, 0.15) is 44.1 Å². The van der Waals surface area contributed by atoms with E-state index in [4.69, 9.17) is 11.6 Å². The Morgan fingerprint density at radius 1 is 1.19 bits per heavy atom. The zero-order valence-corrected chi connectivity index (χ0v) is 16.8. The minimum atomic E-state index is -3.39. The van der Waals surface area contributed by atoms with Crippen molar-refractivity contribution in [2.75, 3.05) is 20.1 Å². The lowest BCUT2D eigenvalue weighted by Gasteiger charge is -2.34. The van der Waals surface area contributed by atoms with Crippen molar-refractivity contribution in [1.82, 2.24) is 9.21 Å². The van der Waals surface area contributed by atoms with Crippen LogP contribution in [0, 0.1) is 5.92 Å². The lowest BCUT2D eigenvalue weighted by molar-refractivity contribution is -0.137. The molecular weight excluding hydrogens is 372 g/mol. The highest BCUT2D eigenvalue weighted by Crippen LogP contribution is 2.27. The Hall–Kier alpha value is -1.11. The number of amides is 1. The van der Waals surface area contributed by atoms with E-state index >= 15 is 0 Å². The van der Waals surface area contributed by atoms with Crippen molar-refractivity contribution in [2.45, 2.75) is 50.3 Å². The molecule has 1 aromatic rings. The molecule has 1 aliphatic heterocycles. The standard InChI is InChI=1S/C19H27ClN2O3S/c1-21(18-7-2-3-8-18)19(23)16-9-11-22(12-10-16)26(24,25)14-15-5-4-6-17(20)13-15/h4-6,13,16,18H,2-3,7-12,14H2,1H3. The van der Waals surface area contributed by atoms with Crippen molar-refractivity contribution >= 4 is 27.5 Å². The van der Waals surface area contributed by atoms with Gasteiger partial charge in [-0.2, -0.15) is 0 Å². The first-order chi connectivity index (χ1) is 12.4. The number of sulfonamides is 1. The summed E-state index contributed by atoms with van der Waals surface area (Å²) in [7, 11) is -1.49. The van der Waals surface area contributed by atoms with Crippen molar-refractivity contribution in [3.05, 3.63) is 34.9 Å². The van der Waals surface area contributed by atoms with E-state index in [1.807, 2.05) is 11.9 Å². The minimum Gasteiger partial charge on any atom is -0.343 e. The summed E-state index contributed by atoms with van der Waals surface area (Å²) >= 11 is 5.95. The molecule has 144 valence electrons. The monoisotopic (exact) mass is 398 g/mol. The van der Waals surface area contributed by atoms with Crippen LogP contribution in [0.3, 0.4) is 0 Å². The smallest absolute Gasteiger partial charge is 0.225 e. The van der Waals surface area contributed by atoms with Crippen molar-refractivity contribution < 1.29 is 13.2 Å².